The van der Waals surface area contributed by atoms with Crippen LogP contribution in [0, 0.1) is 0 Å². The number of nitrogens with one attached hydrogen (secondary N) is 2. The summed E-state index contributed by atoms with van der Waals surface area (Å²) in [6.45, 7) is 8.81. The summed E-state index contributed by atoms with van der Waals surface area (Å²) in [5.74, 6) is -0.0130. The molecule has 0 fully saturated rings. The van der Waals surface area contributed by atoms with Crippen LogP contribution in [0.25, 0.3) is 0 Å². The minimum atomic E-state index is -0.840. The zero-order valence-electron chi connectivity index (χ0n) is 10.9. The lowest BCUT2D eigenvalue weighted by molar-refractivity contribution is -0.121. The lowest BCUT2D eigenvalue weighted by Crippen LogP contribution is -2.47. The topological polar surface area (TPSA) is 58.2 Å². The zero-order chi connectivity index (χ0) is 12.8. The van der Waals surface area contributed by atoms with Crippen LogP contribution in [-0.4, -0.2) is 40.3 Å². The molecular formula is C11H24N2O2S. The van der Waals surface area contributed by atoms with Gasteiger partial charge in [0.1, 0.15) is 0 Å². The van der Waals surface area contributed by atoms with Crippen molar-refractivity contribution in [3.63, 3.8) is 0 Å². The Kier molecular flexibility index (Phi) is 6.83. The molecule has 0 aliphatic carbocycles. The van der Waals surface area contributed by atoms with Crippen molar-refractivity contribution in [1.29, 1.82) is 0 Å². The van der Waals surface area contributed by atoms with Crippen molar-refractivity contribution in [1.82, 2.24) is 10.6 Å². The molecule has 0 aromatic carbocycles. The van der Waals surface area contributed by atoms with Gasteiger partial charge in [0.25, 0.3) is 0 Å². The maximum absolute atomic E-state index is 11.5. The molecule has 4 nitrogen and oxygen atoms in total. The molecule has 2 unspecified atom stereocenters. The van der Waals surface area contributed by atoms with Gasteiger partial charge in [0.15, 0.2) is 0 Å². The van der Waals surface area contributed by atoms with Crippen molar-refractivity contribution in [2.45, 2.75) is 44.9 Å². The maximum atomic E-state index is 11.5. The van der Waals surface area contributed by atoms with E-state index in [0.717, 1.165) is 6.42 Å². The molecule has 2 N–H and O–H groups in total. The number of hydrogen-bond donors (Lipinski definition) is 2. The van der Waals surface area contributed by atoms with Gasteiger partial charge in [-0.1, -0.05) is 6.92 Å². The van der Waals surface area contributed by atoms with Gasteiger partial charge < -0.3 is 10.6 Å². The fraction of sp³-hybridized carbons (Fsp3) is 0.909. The number of hydrogen-bond acceptors (Lipinski definition) is 3. The molecule has 16 heavy (non-hydrogen) atoms. The van der Waals surface area contributed by atoms with Crippen molar-refractivity contribution in [3.8, 4) is 0 Å². The van der Waals surface area contributed by atoms with Gasteiger partial charge in [-0.2, -0.15) is 0 Å². The summed E-state index contributed by atoms with van der Waals surface area (Å²) in [4.78, 5) is 11.5. The third-order valence-electron chi connectivity index (χ3n) is 2.65. The molecular weight excluding hydrogens is 224 g/mol. The normalized spacial score (nSPS) is 15.6. The van der Waals surface area contributed by atoms with E-state index in [-0.39, 0.29) is 23.2 Å². The highest BCUT2D eigenvalue weighted by Gasteiger charge is 2.17. The van der Waals surface area contributed by atoms with Crippen LogP contribution < -0.4 is 10.6 Å². The first-order valence-electron chi connectivity index (χ1n) is 5.62. The number of rotatable bonds is 7. The molecule has 0 rings (SSSR count). The van der Waals surface area contributed by atoms with Gasteiger partial charge in [0.05, 0.1) is 6.54 Å². The number of carbonyl (C=O) groups is 1. The van der Waals surface area contributed by atoms with Crippen LogP contribution in [0.1, 0.15) is 34.1 Å². The maximum Gasteiger partial charge on any atom is 0.234 e. The third-order valence-corrected chi connectivity index (χ3v) is 3.95. The number of amides is 1. The summed E-state index contributed by atoms with van der Waals surface area (Å²) < 4.78 is 11.1. The SMILES string of the molecule is CCC(C)(C)NC(=O)CNCC(C)S(C)=O. The monoisotopic (exact) mass is 248 g/mol. The first-order chi connectivity index (χ1) is 7.28. The largest absolute Gasteiger partial charge is 0.350 e. The van der Waals surface area contributed by atoms with E-state index in [2.05, 4.69) is 10.6 Å². The van der Waals surface area contributed by atoms with Crippen LogP contribution in [0.3, 0.4) is 0 Å². The summed E-state index contributed by atoms with van der Waals surface area (Å²) in [7, 11) is -0.840. The van der Waals surface area contributed by atoms with E-state index < -0.39 is 10.8 Å². The van der Waals surface area contributed by atoms with Gasteiger partial charge in [0.2, 0.25) is 5.91 Å². The predicted molar refractivity (Wildman–Crippen MR) is 68.9 cm³/mol. The Hall–Kier alpha value is -0.420. The first-order valence-corrected chi connectivity index (χ1v) is 7.24. The summed E-state index contributed by atoms with van der Waals surface area (Å²) in [6, 6.07) is 0. The highest BCUT2D eigenvalue weighted by molar-refractivity contribution is 7.84. The van der Waals surface area contributed by atoms with Crippen LogP contribution in [0.4, 0.5) is 0 Å². The lowest BCUT2D eigenvalue weighted by atomic mass is 10.0. The molecule has 96 valence electrons. The van der Waals surface area contributed by atoms with E-state index in [4.69, 9.17) is 0 Å². The fourth-order valence-electron chi connectivity index (χ4n) is 1.02. The molecule has 0 aliphatic rings. The first kappa shape index (κ1) is 15.6. The summed E-state index contributed by atoms with van der Waals surface area (Å²) >= 11 is 0. The van der Waals surface area contributed by atoms with Gasteiger partial charge in [-0.3, -0.25) is 9.00 Å². The van der Waals surface area contributed by atoms with E-state index in [1.54, 1.807) is 6.26 Å². The Balaban J connectivity index is 3.79. The average Bonchev–Trinajstić information content (AvgIpc) is 2.16. The molecule has 0 radical (unpaired) electrons. The van der Waals surface area contributed by atoms with E-state index in [1.807, 2.05) is 27.7 Å². The highest BCUT2D eigenvalue weighted by atomic mass is 32.2. The second-order valence-electron chi connectivity index (χ2n) is 4.73. The highest BCUT2D eigenvalue weighted by Crippen LogP contribution is 2.05. The second-order valence-corrected chi connectivity index (χ2v) is 6.53. The smallest absolute Gasteiger partial charge is 0.234 e. The second kappa shape index (κ2) is 7.01. The van der Waals surface area contributed by atoms with Gasteiger partial charge in [-0.05, 0) is 27.2 Å². The Bertz CT molecular complexity index is 254. The third kappa shape index (κ3) is 6.95. The van der Waals surface area contributed by atoms with Crippen molar-refractivity contribution in [3.05, 3.63) is 0 Å². The van der Waals surface area contributed by atoms with E-state index in [9.17, 15) is 9.00 Å². The fourth-order valence-corrected chi connectivity index (χ4v) is 1.37. The minimum Gasteiger partial charge on any atom is -0.350 e. The van der Waals surface area contributed by atoms with Crippen LogP contribution in [-0.2, 0) is 15.6 Å². The summed E-state index contributed by atoms with van der Waals surface area (Å²) in [6.07, 6.45) is 2.57. The van der Waals surface area contributed by atoms with E-state index in [1.165, 1.54) is 0 Å². The van der Waals surface area contributed by atoms with Crippen molar-refractivity contribution in [2.75, 3.05) is 19.3 Å². The molecule has 0 bridgehead atoms. The lowest BCUT2D eigenvalue weighted by Gasteiger charge is -2.24. The summed E-state index contributed by atoms with van der Waals surface area (Å²) in [5, 5.41) is 6.02. The Morgan fingerprint density at radius 1 is 1.44 bits per heavy atom. The zero-order valence-corrected chi connectivity index (χ0v) is 11.7. The molecule has 0 aliphatic heterocycles. The van der Waals surface area contributed by atoms with Crippen LogP contribution in [0.5, 0.6) is 0 Å². The Morgan fingerprint density at radius 2 is 2.00 bits per heavy atom. The molecule has 0 aromatic heterocycles. The molecule has 0 heterocycles. The van der Waals surface area contributed by atoms with Gasteiger partial charge in [0, 0.05) is 34.4 Å². The standard InChI is InChI=1S/C11H24N2O2S/c1-6-11(3,4)13-10(14)8-12-7-9(2)16(5)15/h9,12H,6-8H2,1-5H3,(H,13,14). The summed E-state index contributed by atoms with van der Waals surface area (Å²) in [5.41, 5.74) is -0.155. The molecule has 0 spiro atoms. The van der Waals surface area contributed by atoms with Crippen LogP contribution in [0.15, 0.2) is 0 Å². The molecule has 0 saturated carbocycles. The van der Waals surface area contributed by atoms with Crippen molar-refractivity contribution < 1.29 is 9.00 Å². The number of carbonyl (C=O) groups excluding carboxylic acids is 1. The minimum absolute atomic E-state index is 0.0130. The average molecular weight is 248 g/mol. The molecule has 0 saturated heterocycles. The van der Waals surface area contributed by atoms with E-state index in [0.29, 0.717) is 6.54 Å². The predicted octanol–water partition coefficient (Wildman–Crippen LogP) is 0.648. The molecule has 5 heteroatoms. The van der Waals surface area contributed by atoms with E-state index >= 15 is 0 Å². The van der Waals surface area contributed by atoms with Gasteiger partial charge in [-0.15, -0.1) is 0 Å². The quantitative estimate of drug-likeness (QED) is 0.695. The van der Waals surface area contributed by atoms with Crippen LogP contribution >= 0.6 is 0 Å². The van der Waals surface area contributed by atoms with Crippen molar-refractivity contribution >= 4 is 16.7 Å². The van der Waals surface area contributed by atoms with Crippen LogP contribution in [0.2, 0.25) is 0 Å². The van der Waals surface area contributed by atoms with Gasteiger partial charge >= 0.3 is 0 Å². The molecule has 1 amide bonds. The Labute approximate surface area is 101 Å². The molecule has 0 aromatic rings. The molecule has 2 atom stereocenters. The van der Waals surface area contributed by atoms with Crippen molar-refractivity contribution in [2.24, 2.45) is 0 Å². The Morgan fingerprint density at radius 3 is 2.44 bits per heavy atom. The van der Waals surface area contributed by atoms with Gasteiger partial charge in [-0.25, -0.2) is 0 Å².